The number of rotatable bonds is 7. The van der Waals surface area contributed by atoms with E-state index in [2.05, 4.69) is 10.3 Å². The first kappa shape index (κ1) is 19.2. The first-order valence-electron chi connectivity index (χ1n) is 8.60. The van der Waals surface area contributed by atoms with Crippen molar-refractivity contribution in [2.75, 3.05) is 26.1 Å². The number of nitrogens with one attached hydrogen (secondary N) is 1. The van der Waals surface area contributed by atoms with Crippen LogP contribution in [0.25, 0.3) is 11.0 Å². The lowest BCUT2D eigenvalue weighted by Gasteiger charge is -2.11. The van der Waals surface area contributed by atoms with E-state index in [1.165, 1.54) is 14.2 Å². The number of nitrogens with zero attached hydrogens (tertiary/aromatic N) is 2. The number of amides is 1. The highest BCUT2D eigenvalue weighted by molar-refractivity contribution is 5.93. The van der Waals surface area contributed by atoms with Crippen LogP contribution in [0.15, 0.2) is 42.5 Å². The van der Waals surface area contributed by atoms with E-state index >= 15 is 0 Å². The Morgan fingerprint density at radius 1 is 1.07 bits per heavy atom. The number of esters is 1. The molecule has 8 nitrogen and oxygen atoms in total. The number of ether oxygens (including phenoxy) is 3. The number of methoxy groups -OCH3 is 2. The molecule has 0 saturated carbocycles. The molecule has 1 aromatic heterocycles. The molecule has 0 aliphatic carbocycles. The maximum atomic E-state index is 12.2. The van der Waals surface area contributed by atoms with Crippen LogP contribution in [0.4, 0.5) is 5.69 Å². The van der Waals surface area contributed by atoms with Crippen molar-refractivity contribution in [3.63, 3.8) is 0 Å². The Morgan fingerprint density at radius 3 is 2.43 bits per heavy atom. The lowest BCUT2D eigenvalue weighted by atomic mass is 10.2. The highest BCUT2D eigenvalue weighted by Crippen LogP contribution is 2.25. The minimum absolute atomic E-state index is 0.0212. The fourth-order valence-electron chi connectivity index (χ4n) is 2.79. The van der Waals surface area contributed by atoms with Crippen LogP contribution >= 0.6 is 0 Å². The number of aromatic nitrogens is 2. The molecule has 0 saturated heterocycles. The van der Waals surface area contributed by atoms with Crippen molar-refractivity contribution in [1.82, 2.24) is 9.55 Å². The van der Waals surface area contributed by atoms with E-state index in [0.29, 0.717) is 23.0 Å². The topological polar surface area (TPSA) is 91.7 Å². The first-order chi connectivity index (χ1) is 13.5. The number of carbonyl (C=O) groups is 2. The third kappa shape index (κ3) is 4.40. The Bertz CT molecular complexity index is 990. The van der Waals surface area contributed by atoms with E-state index in [4.69, 9.17) is 14.2 Å². The van der Waals surface area contributed by atoms with Crippen molar-refractivity contribution in [2.24, 2.45) is 0 Å². The fourth-order valence-corrected chi connectivity index (χ4v) is 2.79. The minimum Gasteiger partial charge on any atom is -0.497 e. The van der Waals surface area contributed by atoms with E-state index in [1.54, 1.807) is 22.8 Å². The molecule has 3 aromatic rings. The van der Waals surface area contributed by atoms with Gasteiger partial charge in [-0.05, 0) is 19.1 Å². The summed E-state index contributed by atoms with van der Waals surface area (Å²) in [6.45, 7) is 1.40. The summed E-state index contributed by atoms with van der Waals surface area (Å²) in [6.07, 6.45) is 0. The minimum atomic E-state index is -0.523. The number of aryl methyl sites for hydroxylation is 1. The third-order valence-corrected chi connectivity index (χ3v) is 4.13. The maximum absolute atomic E-state index is 12.2. The summed E-state index contributed by atoms with van der Waals surface area (Å²) in [7, 11) is 3.04. The van der Waals surface area contributed by atoms with Gasteiger partial charge in [-0.15, -0.1) is 0 Å². The summed E-state index contributed by atoms with van der Waals surface area (Å²) in [5.74, 6) is 0.787. The van der Waals surface area contributed by atoms with Crippen molar-refractivity contribution in [3.05, 3.63) is 48.3 Å². The highest BCUT2D eigenvalue weighted by Gasteiger charge is 2.13. The Labute approximate surface area is 162 Å². The molecule has 1 heterocycles. The lowest BCUT2D eigenvalue weighted by Crippen LogP contribution is -2.23. The highest BCUT2D eigenvalue weighted by atomic mass is 16.5. The van der Waals surface area contributed by atoms with Gasteiger partial charge in [0.2, 0.25) is 0 Å². The monoisotopic (exact) mass is 383 g/mol. The van der Waals surface area contributed by atoms with Gasteiger partial charge in [0, 0.05) is 23.9 Å². The second kappa shape index (κ2) is 8.43. The van der Waals surface area contributed by atoms with Crippen molar-refractivity contribution in [1.29, 1.82) is 0 Å². The summed E-state index contributed by atoms with van der Waals surface area (Å²) in [6, 6.07) is 12.5. The number of anilines is 1. The fraction of sp³-hybridized carbons (Fsp3) is 0.250. The van der Waals surface area contributed by atoms with E-state index in [0.717, 1.165) is 11.0 Å². The van der Waals surface area contributed by atoms with Gasteiger partial charge in [-0.2, -0.15) is 0 Å². The zero-order valence-corrected chi connectivity index (χ0v) is 15.9. The number of fused-ring (bicyclic) bond motifs is 1. The van der Waals surface area contributed by atoms with Crippen molar-refractivity contribution in [3.8, 4) is 11.5 Å². The molecular weight excluding hydrogens is 362 g/mol. The third-order valence-electron chi connectivity index (χ3n) is 4.13. The summed E-state index contributed by atoms with van der Waals surface area (Å²) >= 11 is 0. The quantitative estimate of drug-likeness (QED) is 0.631. The Morgan fingerprint density at radius 2 is 1.75 bits per heavy atom. The molecule has 146 valence electrons. The van der Waals surface area contributed by atoms with Gasteiger partial charge in [0.05, 0.1) is 25.3 Å². The molecule has 1 amide bonds. The molecule has 0 aliphatic rings. The molecule has 0 spiro atoms. The average molecular weight is 383 g/mol. The Kier molecular flexibility index (Phi) is 5.78. The number of hydrogen-bond acceptors (Lipinski definition) is 6. The van der Waals surface area contributed by atoms with Crippen molar-refractivity contribution < 1.29 is 23.8 Å². The molecule has 0 unspecified atom stereocenters. The van der Waals surface area contributed by atoms with E-state index < -0.39 is 18.5 Å². The molecule has 8 heteroatoms. The van der Waals surface area contributed by atoms with Crippen LogP contribution in [0.2, 0.25) is 0 Å². The molecular formula is C20H21N3O5. The molecule has 2 aromatic carbocycles. The van der Waals surface area contributed by atoms with E-state index in [-0.39, 0.29) is 6.54 Å². The number of hydrogen-bond donors (Lipinski definition) is 1. The van der Waals surface area contributed by atoms with Gasteiger partial charge in [0.15, 0.2) is 6.61 Å². The second-order valence-electron chi connectivity index (χ2n) is 6.04. The first-order valence-corrected chi connectivity index (χ1v) is 8.60. The maximum Gasteiger partial charge on any atom is 0.326 e. The van der Waals surface area contributed by atoms with Gasteiger partial charge in [-0.1, -0.05) is 12.1 Å². The second-order valence-corrected chi connectivity index (χ2v) is 6.04. The van der Waals surface area contributed by atoms with Crippen LogP contribution in [0.3, 0.4) is 0 Å². The summed E-state index contributed by atoms with van der Waals surface area (Å²) < 4.78 is 17.2. The van der Waals surface area contributed by atoms with Crippen LogP contribution < -0.4 is 14.8 Å². The van der Waals surface area contributed by atoms with Crippen LogP contribution in [0.5, 0.6) is 11.5 Å². The van der Waals surface area contributed by atoms with Gasteiger partial charge in [-0.3, -0.25) is 9.59 Å². The van der Waals surface area contributed by atoms with Crippen LogP contribution in [-0.4, -0.2) is 42.3 Å². The van der Waals surface area contributed by atoms with Crippen molar-refractivity contribution >= 4 is 28.6 Å². The Hall–Kier alpha value is -3.55. The molecule has 0 fully saturated rings. The van der Waals surface area contributed by atoms with Crippen LogP contribution in [0, 0.1) is 6.92 Å². The number of benzene rings is 2. The standard InChI is InChI=1S/C20H21N3O5/c1-13-21-17-6-4-5-7-18(17)23(13)11-20(25)28-12-19(24)22-14-8-15(26-2)10-16(9-14)27-3/h4-10H,11-12H2,1-3H3,(H,22,24). The lowest BCUT2D eigenvalue weighted by molar-refractivity contribution is -0.147. The largest absolute Gasteiger partial charge is 0.497 e. The Balaban J connectivity index is 1.58. The molecule has 1 N–H and O–H groups in total. The molecule has 0 radical (unpaired) electrons. The molecule has 28 heavy (non-hydrogen) atoms. The predicted octanol–water partition coefficient (Wildman–Crippen LogP) is 2.54. The molecule has 0 bridgehead atoms. The average Bonchev–Trinajstić information content (AvgIpc) is 3.01. The molecule has 3 rings (SSSR count). The van der Waals surface area contributed by atoms with Crippen LogP contribution in [-0.2, 0) is 20.9 Å². The van der Waals surface area contributed by atoms with Gasteiger partial charge >= 0.3 is 5.97 Å². The van der Waals surface area contributed by atoms with E-state index in [9.17, 15) is 9.59 Å². The summed E-state index contributed by atoms with van der Waals surface area (Å²) in [4.78, 5) is 28.7. The van der Waals surface area contributed by atoms with Gasteiger partial charge in [0.25, 0.3) is 5.91 Å². The summed E-state index contributed by atoms with van der Waals surface area (Å²) in [5, 5.41) is 2.65. The van der Waals surface area contributed by atoms with Gasteiger partial charge in [-0.25, -0.2) is 4.98 Å². The van der Waals surface area contributed by atoms with Crippen molar-refractivity contribution in [2.45, 2.75) is 13.5 Å². The zero-order chi connectivity index (χ0) is 20.1. The normalized spacial score (nSPS) is 10.5. The predicted molar refractivity (Wildman–Crippen MR) is 104 cm³/mol. The SMILES string of the molecule is COc1cc(NC(=O)COC(=O)Cn2c(C)nc3ccccc32)cc(OC)c1. The number of para-hydroxylation sites is 2. The zero-order valence-electron chi connectivity index (χ0n) is 15.9. The smallest absolute Gasteiger partial charge is 0.326 e. The van der Waals surface area contributed by atoms with Crippen LogP contribution in [0.1, 0.15) is 5.82 Å². The molecule has 0 atom stereocenters. The van der Waals surface area contributed by atoms with E-state index in [1.807, 2.05) is 31.2 Å². The molecule has 0 aliphatic heterocycles. The number of imidazole rings is 1. The van der Waals surface area contributed by atoms with Gasteiger partial charge in [0.1, 0.15) is 23.9 Å². The van der Waals surface area contributed by atoms with Gasteiger partial charge < -0.3 is 24.1 Å². The number of carbonyl (C=O) groups excluding carboxylic acids is 2. The summed E-state index contributed by atoms with van der Waals surface area (Å²) in [5.41, 5.74) is 2.12.